The number of hydrogen-bond donors (Lipinski definition) is 2. The van der Waals surface area contributed by atoms with Crippen LogP contribution >= 0.6 is 27.7 Å². The number of ether oxygens (including phenoxy) is 1. The number of anilines is 1. The van der Waals surface area contributed by atoms with Gasteiger partial charge in [-0.1, -0.05) is 27.7 Å². The molecule has 0 bridgehead atoms. The zero-order chi connectivity index (χ0) is 21.0. The van der Waals surface area contributed by atoms with Crippen molar-refractivity contribution in [1.82, 2.24) is 14.8 Å². The SMILES string of the molecule is COC(=O)c1ccc(NC(=O)CSc2nnc(-c3cc(Br)ccc3O)n2C)cc1. The molecule has 3 rings (SSSR count). The molecule has 0 spiro atoms. The number of amides is 1. The maximum atomic E-state index is 12.2. The van der Waals surface area contributed by atoms with E-state index in [1.807, 2.05) is 0 Å². The summed E-state index contributed by atoms with van der Waals surface area (Å²) in [4.78, 5) is 23.7. The number of halogens is 1. The van der Waals surface area contributed by atoms with Crippen molar-refractivity contribution in [3.8, 4) is 17.1 Å². The van der Waals surface area contributed by atoms with Gasteiger partial charge in [-0.05, 0) is 42.5 Å². The van der Waals surface area contributed by atoms with Gasteiger partial charge in [-0.3, -0.25) is 4.79 Å². The first-order valence-electron chi connectivity index (χ1n) is 8.38. The van der Waals surface area contributed by atoms with Crippen LogP contribution in [0.25, 0.3) is 11.4 Å². The molecule has 0 aliphatic heterocycles. The molecule has 3 aromatic rings. The topological polar surface area (TPSA) is 106 Å². The van der Waals surface area contributed by atoms with Crippen LogP contribution in [0.5, 0.6) is 5.75 Å². The number of aromatic hydroxyl groups is 1. The predicted molar refractivity (Wildman–Crippen MR) is 113 cm³/mol. The third kappa shape index (κ3) is 4.96. The summed E-state index contributed by atoms with van der Waals surface area (Å²) in [5.41, 5.74) is 1.51. The van der Waals surface area contributed by atoms with Crippen molar-refractivity contribution in [2.75, 3.05) is 18.2 Å². The summed E-state index contributed by atoms with van der Waals surface area (Å²) in [7, 11) is 3.08. The molecule has 1 amide bonds. The minimum atomic E-state index is -0.437. The molecule has 2 N–H and O–H groups in total. The normalized spacial score (nSPS) is 10.6. The lowest BCUT2D eigenvalue weighted by atomic mass is 10.2. The van der Waals surface area contributed by atoms with Gasteiger partial charge < -0.3 is 19.7 Å². The number of hydrogen-bond acceptors (Lipinski definition) is 7. The fourth-order valence-electron chi connectivity index (χ4n) is 2.50. The number of carbonyl (C=O) groups is 2. The Balaban J connectivity index is 1.63. The van der Waals surface area contributed by atoms with Gasteiger partial charge in [0.2, 0.25) is 5.91 Å². The molecule has 29 heavy (non-hydrogen) atoms. The molecular weight excluding hydrogens is 460 g/mol. The number of carbonyl (C=O) groups excluding carboxylic acids is 2. The summed E-state index contributed by atoms with van der Waals surface area (Å²) in [5.74, 6) is 0.0389. The zero-order valence-electron chi connectivity index (χ0n) is 15.5. The number of aromatic nitrogens is 3. The molecule has 2 aromatic carbocycles. The molecule has 10 heteroatoms. The lowest BCUT2D eigenvalue weighted by molar-refractivity contribution is -0.113. The Morgan fingerprint density at radius 1 is 1.21 bits per heavy atom. The van der Waals surface area contributed by atoms with E-state index in [-0.39, 0.29) is 17.4 Å². The van der Waals surface area contributed by atoms with E-state index in [2.05, 4.69) is 36.2 Å². The lowest BCUT2D eigenvalue weighted by Crippen LogP contribution is -2.14. The second kappa shape index (κ2) is 9.10. The summed E-state index contributed by atoms with van der Waals surface area (Å²) < 4.78 is 7.16. The summed E-state index contributed by atoms with van der Waals surface area (Å²) in [6.07, 6.45) is 0. The Hall–Kier alpha value is -2.85. The van der Waals surface area contributed by atoms with Crippen molar-refractivity contribution >= 4 is 45.3 Å². The standard InChI is InChI=1S/C19H17BrN4O4S/c1-24-17(14-9-12(20)5-8-15(14)25)22-23-19(24)29-10-16(26)21-13-6-3-11(4-7-13)18(27)28-2/h3-9,25H,10H2,1-2H3,(H,21,26). The number of nitrogens with zero attached hydrogens (tertiary/aromatic N) is 3. The third-order valence-corrected chi connectivity index (χ3v) is 5.47. The van der Waals surface area contributed by atoms with Crippen molar-refractivity contribution in [2.45, 2.75) is 5.16 Å². The Labute approximate surface area is 179 Å². The molecule has 0 saturated heterocycles. The Bertz CT molecular complexity index is 1050. The largest absolute Gasteiger partial charge is 0.507 e. The number of esters is 1. The van der Waals surface area contributed by atoms with Crippen LogP contribution < -0.4 is 5.32 Å². The van der Waals surface area contributed by atoms with E-state index in [4.69, 9.17) is 0 Å². The van der Waals surface area contributed by atoms with Gasteiger partial charge in [-0.15, -0.1) is 10.2 Å². The highest BCUT2D eigenvalue weighted by molar-refractivity contribution is 9.10. The molecule has 0 aliphatic rings. The number of phenolic OH excluding ortho intramolecular Hbond substituents is 1. The highest BCUT2D eigenvalue weighted by Crippen LogP contribution is 2.32. The lowest BCUT2D eigenvalue weighted by Gasteiger charge is -2.07. The van der Waals surface area contributed by atoms with E-state index in [9.17, 15) is 14.7 Å². The third-order valence-electron chi connectivity index (χ3n) is 3.96. The summed E-state index contributed by atoms with van der Waals surface area (Å²) in [5, 5.41) is 21.6. The zero-order valence-corrected chi connectivity index (χ0v) is 18.0. The van der Waals surface area contributed by atoms with Gasteiger partial charge in [0.25, 0.3) is 0 Å². The molecular formula is C19H17BrN4O4S. The molecule has 1 aromatic heterocycles. The van der Waals surface area contributed by atoms with Gasteiger partial charge in [0.15, 0.2) is 11.0 Å². The van der Waals surface area contributed by atoms with E-state index in [0.29, 0.717) is 27.8 Å². The molecule has 0 unspecified atom stereocenters. The first kappa shape index (κ1) is 20.9. The summed E-state index contributed by atoms with van der Waals surface area (Å²) in [6.45, 7) is 0. The average Bonchev–Trinajstić information content (AvgIpc) is 3.08. The minimum absolute atomic E-state index is 0.0911. The highest BCUT2D eigenvalue weighted by Gasteiger charge is 2.16. The van der Waals surface area contributed by atoms with Crippen LogP contribution in [-0.2, 0) is 16.6 Å². The van der Waals surface area contributed by atoms with E-state index in [1.54, 1.807) is 54.1 Å². The first-order chi connectivity index (χ1) is 13.9. The second-order valence-corrected chi connectivity index (χ2v) is 7.79. The Morgan fingerprint density at radius 3 is 2.62 bits per heavy atom. The fourth-order valence-corrected chi connectivity index (χ4v) is 3.57. The van der Waals surface area contributed by atoms with Crippen LogP contribution in [0.2, 0.25) is 0 Å². The van der Waals surface area contributed by atoms with Crippen molar-refractivity contribution in [2.24, 2.45) is 7.05 Å². The van der Waals surface area contributed by atoms with E-state index < -0.39 is 5.97 Å². The van der Waals surface area contributed by atoms with Gasteiger partial charge in [-0.25, -0.2) is 4.79 Å². The predicted octanol–water partition coefficient (Wildman–Crippen LogP) is 3.47. The van der Waals surface area contributed by atoms with Gasteiger partial charge in [0.1, 0.15) is 5.75 Å². The molecule has 8 nitrogen and oxygen atoms in total. The Kier molecular flexibility index (Phi) is 6.55. The van der Waals surface area contributed by atoms with Crippen LogP contribution in [-0.4, -0.2) is 44.6 Å². The molecule has 0 fully saturated rings. The van der Waals surface area contributed by atoms with Gasteiger partial charge >= 0.3 is 5.97 Å². The Morgan fingerprint density at radius 2 is 1.93 bits per heavy atom. The van der Waals surface area contributed by atoms with Crippen LogP contribution in [0.3, 0.4) is 0 Å². The smallest absolute Gasteiger partial charge is 0.337 e. The molecule has 0 aliphatic carbocycles. The summed E-state index contributed by atoms with van der Waals surface area (Å²) >= 11 is 4.59. The molecule has 0 saturated carbocycles. The second-order valence-electron chi connectivity index (χ2n) is 5.93. The van der Waals surface area contributed by atoms with Crippen molar-refractivity contribution in [3.05, 3.63) is 52.5 Å². The molecule has 150 valence electrons. The van der Waals surface area contributed by atoms with E-state index >= 15 is 0 Å². The van der Waals surface area contributed by atoms with Crippen molar-refractivity contribution < 1.29 is 19.4 Å². The number of phenols is 1. The molecule has 1 heterocycles. The van der Waals surface area contributed by atoms with Crippen LogP contribution in [0.15, 0.2) is 52.1 Å². The number of nitrogens with one attached hydrogen (secondary N) is 1. The summed E-state index contributed by atoms with van der Waals surface area (Å²) in [6, 6.07) is 11.5. The van der Waals surface area contributed by atoms with Gasteiger partial charge in [0.05, 0.1) is 24.0 Å². The molecule has 0 atom stereocenters. The monoisotopic (exact) mass is 476 g/mol. The van der Waals surface area contributed by atoms with Crippen LogP contribution in [0, 0.1) is 0 Å². The number of benzene rings is 2. The maximum absolute atomic E-state index is 12.2. The highest BCUT2D eigenvalue weighted by atomic mass is 79.9. The number of methoxy groups -OCH3 is 1. The van der Waals surface area contributed by atoms with E-state index in [1.165, 1.54) is 18.9 Å². The van der Waals surface area contributed by atoms with Gasteiger partial charge in [0, 0.05) is 17.2 Å². The average molecular weight is 477 g/mol. The molecule has 0 radical (unpaired) electrons. The van der Waals surface area contributed by atoms with Crippen LogP contribution in [0.4, 0.5) is 5.69 Å². The van der Waals surface area contributed by atoms with Crippen LogP contribution in [0.1, 0.15) is 10.4 Å². The van der Waals surface area contributed by atoms with E-state index in [0.717, 1.165) is 4.47 Å². The minimum Gasteiger partial charge on any atom is -0.507 e. The maximum Gasteiger partial charge on any atom is 0.337 e. The van der Waals surface area contributed by atoms with Gasteiger partial charge in [-0.2, -0.15) is 0 Å². The van der Waals surface area contributed by atoms with Crippen molar-refractivity contribution in [3.63, 3.8) is 0 Å². The van der Waals surface area contributed by atoms with Crippen molar-refractivity contribution in [1.29, 1.82) is 0 Å². The first-order valence-corrected chi connectivity index (χ1v) is 10.2. The quantitative estimate of drug-likeness (QED) is 0.414. The fraction of sp³-hybridized carbons (Fsp3) is 0.158. The number of thioether (sulfide) groups is 1. The number of rotatable bonds is 6.